The summed E-state index contributed by atoms with van der Waals surface area (Å²) in [6.45, 7) is 4.04. The van der Waals surface area contributed by atoms with Crippen LogP contribution >= 0.6 is 0 Å². The second-order valence-corrected chi connectivity index (χ2v) is 4.93. The number of benzene rings is 1. The molecule has 92 valence electrons. The maximum absolute atomic E-state index is 11.7. The highest BCUT2D eigenvalue weighted by molar-refractivity contribution is 5.81. The zero-order valence-corrected chi connectivity index (χ0v) is 10.6. The standard InChI is InChI=1S/C15H20O2/c1-12(2)8-15(17)10-14(11-16)9-13-6-4-3-5-7-13/h3-7,11-12,14H,8-10H2,1-2H3. The van der Waals surface area contributed by atoms with Crippen LogP contribution in [0, 0.1) is 11.8 Å². The van der Waals surface area contributed by atoms with Gasteiger partial charge in [-0.2, -0.15) is 0 Å². The third-order valence-corrected chi connectivity index (χ3v) is 2.66. The summed E-state index contributed by atoms with van der Waals surface area (Å²) >= 11 is 0. The van der Waals surface area contributed by atoms with E-state index in [1.807, 2.05) is 44.2 Å². The molecule has 0 spiro atoms. The molecule has 0 aromatic heterocycles. The maximum Gasteiger partial charge on any atom is 0.133 e. The summed E-state index contributed by atoms with van der Waals surface area (Å²) in [4.78, 5) is 22.6. The molecule has 0 aliphatic rings. The number of aldehydes is 1. The molecule has 0 radical (unpaired) electrons. The second kappa shape index (κ2) is 7.00. The van der Waals surface area contributed by atoms with E-state index in [4.69, 9.17) is 0 Å². The third kappa shape index (κ3) is 5.43. The fourth-order valence-corrected chi connectivity index (χ4v) is 1.92. The van der Waals surface area contributed by atoms with Crippen molar-refractivity contribution in [1.29, 1.82) is 0 Å². The Morgan fingerprint density at radius 2 is 1.82 bits per heavy atom. The smallest absolute Gasteiger partial charge is 0.133 e. The molecule has 1 atom stereocenters. The molecule has 0 fully saturated rings. The van der Waals surface area contributed by atoms with Crippen LogP contribution in [0.2, 0.25) is 0 Å². The van der Waals surface area contributed by atoms with Crippen molar-refractivity contribution >= 4 is 12.1 Å². The van der Waals surface area contributed by atoms with Gasteiger partial charge in [0.15, 0.2) is 0 Å². The maximum atomic E-state index is 11.7. The van der Waals surface area contributed by atoms with Crippen molar-refractivity contribution in [3.8, 4) is 0 Å². The van der Waals surface area contributed by atoms with Gasteiger partial charge < -0.3 is 4.79 Å². The van der Waals surface area contributed by atoms with Crippen molar-refractivity contribution < 1.29 is 9.59 Å². The van der Waals surface area contributed by atoms with Crippen LogP contribution in [-0.4, -0.2) is 12.1 Å². The first-order chi connectivity index (χ1) is 8.11. The van der Waals surface area contributed by atoms with E-state index in [9.17, 15) is 9.59 Å². The number of carbonyl (C=O) groups is 2. The van der Waals surface area contributed by atoms with Crippen LogP contribution in [0.4, 0.5) is 0 Å². The molecule has 0 N–H and O–H groups in total. The van der Waals surface area contributed by atoms with Crippen LogP contribution in [0.25, 0.3) is 0 Å². The Kier molecular flexibility index (Phi) is 5.61. The zero-order valence-electron chi connectivity index (χ0n) is 10.6. The zero-order chi connectivity index (χ0) is 12.7. The van der Waals surface area contributed by atoms with E-state index < -0.39 is 0 Å². The lowest BCUT2D eigenvalue weighted by Crippen LogP contribution is -2.14. The van der Waals surface area contributed by atoms with E-state index in [1.54, 1.807) is 0 Å². The van der Waals surface area contributed by atoms with Crippen LogP contribution in [0.15, 0.2) is 30.3 Å². The van der Waals surface area contributed by atoms with Gasteiger partial charge in [-0.1, -0.05) is 44.2 Å². The van der Waals surface area contributed by atoms with E-state index in [0.717, 1.165) is 11.8 Å². The summed E-state index contributed by atoms with van der Waals surface area (Å²) in [5.41, 5.74) is 1.11. The van der Waals surface area contributed by atoms with Crippen molar-refractivity contribution in [2.45, 2.75) is 33.1 Å². The Hall–Kier alpha value is -1.44. The van der Waals surface area contributed by atoms with Crippen LogP contribution in [0.5, 0.6) is 0 Å². The van der Waals surface area contributed by atoms with E-state index >= 15 is 0 Å². The Morgan fingerprint density at radius 1 is 1.18 bits per heavy atom. The molecule has 0 aliphatic carbocycles. The molecule has 1 aromatic rings. The van der Waals surface area contributed by atoms with E-state index in [-0.39, 0.29) is 11.7 Å². The molecule has 0 amide bonds. The topological polar surface area (TPSA) is 34.1 Å². The van der Waals surface area contributed by atoms with Gasteiger partial charge in [0.1, 0.15) is 12.1 Å². The van der Waals surface area contributed by atoms with Gasteiger partial charge in [0.25, 0.3) is 0 Å². The molecule has 0 saturated carbocycles. The molecule has 17 heavy (non-hydrogen) atoms. The van der Waals surface area contributed by atoms with Crippen molar-refractivity contribution in [2.24, 2.45) is 11.8 Å². The first kappa shape index (κ1) is 13.6. The summed E-state index contributed by atoms with van der Waals surface area (Å²) in [6.07, 6.45) is 2.51. The minimum Gasteiger partial charge on any atom is -0.303 e. The lowest BCUT2D eigenvalue weighted by Gasteiger charge is -2.10. The minimum atomic E-state index is -0.177. The van der Waals surface area contributed by atoms with E-state index in [0.29, 0.717) is 25.2 Å². The summed E-state index contributed by atoms with van der Waals surface area (Å²) in [6, 6.07) is 9.83. The molecule has 1 aromatic carbocycles. The van der Waals surface area contributed by atoms with Crippen LogP contribution in [0.3, 0.4) is 0 Å². The second-order valence-electron chi connectivity index (χ2n) is 4.93. The van der Waals surface area contributed by atoms with Gasteiger partial charge in [0.2, 0.25) is 0 Å². The minimum absolute atomic E-state index is 0.177. The summed E-state index contributed by atoms with van der Waals surface area (Å²) < 4.78 is 0. The number of hydrogen-bond acceptors (Lipinski definition) is 2. The highest BCUT2D eigenvalue weighted by atomic mass is 16.1. The Bertz CT molecular complexity index is 354. The number of ketones is 1. The average molecular weight is 232 g/mol. The number of rotatable bonds is 7. The fourth-order valence-electron chi connectivity index (χ4n) is 1.92. The fraction of sp³-hybridized carbons (Fsp3) is 0.467. The monoisotopic (exact) mass is 232 g/mol. The van der Waals surface area contributed by atoms with Gasteiger partial charge in [0.05, 0.1) is 0 Å². The highest BCUT2D eigenvalue weighted by Crippen LogP contribution is 2.13. The highest BCUT2D eigenvalue weighted by Gasteiger charge is 2.14. The molecule has 0 bridgehead atoms. The van der Waals surface area contributed by atoms with Crippen molar-refractivity contribution in [1.82, 2.24) is 0 Å². The number of Topliss-reactive ketones (excluding diaryl/α,β-unsaturated/α-hetero) is 1. The van der Waals surface area contributed by atoms with Crippen LogP contribution in [-0.2, 0) is 16.0 Å². The molecule has 1 unspecified atom stereocenters. The molecule has 2 heteroatoms. The quantitative estimate of drug-likeness (QED) is 0.677. The lowest BCUT2D eigenvalue weighted by molar-refractivity contribution is -0.123. The van der Waals surface area contributed by atoms with Gasteiger partial charge in [-0.15, -0.1) is 0 Å². The predicted octanol–water partition coefficient (Wildman–Crippen LogP) is 3.05. The van der Waals surface area contributed by atoms with Crippen molar-refractivity contribution in [2.75, 3.05) is 0 Å². The Balaban J connectivity index is 2.49. The SMILES string of the molecule is CC(C)CC(=O)CC(C=O)Cc1ccccc1. The molecule has 1 rings (SSSR count). The molecular weight excluding hydrogens is 212 g/mol. The predicted molar refractivity (Wildman–Crippen MR) is 68.8 cm³/mol. The first-order valence-corrected chi connectivity index (χ1v) is 6.12. The summed E-state index contributed by atoms with van der Waals surface area (Å²) in [5, 5.41) is 0. The van der Waals surface area contributed by atoms with Crippen LogP contribution in [0.1, 0.15) is 32.3 Å². The Labute approximate surface area is 103 Å². The third-order valence-electron chi connectivity index (χ3n) is 2.66. The average Bonchev–Trinajstić information content (AvgIpc) is 2.28. The first-order valence-electron chi connectivity index (χ1n) is 6.12. The lowest BCUT2D eigenvalue weighted by atomic mass is 9.93. The summed E-state index contributed by atoms with van der Waals surface area (Å²) in [7, 11) is 0. The van der Waals surface area contributed by atoms with Crippen molar-refractivity contribution in [3.63, 3.8) is 0 Å². The van der Waals surface area contributed by atoms with E-state index in [2.05, 4.69) is 0 Å². The van der Waals surface area contributed by atoms with Gasteiger partial charge in [0, 0.05) is 18.8 Å². The molecule has 2 nitrogen and oxygen atoms in total. The molecular formula is C15H20O2. The Morgan fingerprint density at radius 3 is 2.35 bits per heavy atom. The van der Waals surface area contributed by atoms with Gasteiger partial charge in [-0.3, -0.25) is 4.79 Å². The van der Waals surface area contributed by atoms with Gasteiger partial charge >= 0.3 is 0 Å². The van der Waals surface area contributed by atoms with Gasteiger partial charge in [-0.25, -0.2) is 0 Å². The summed E-state index contributed by atoms with van der Waals surface area (Å²) in [5.74, 6) is 0.378. The van der Waals surface area contributed by atoms with E-state index in [1.165, 1.54) is 0 Å². The molecule has 0 aliphatic heterocycles. The normalized spacial score (nSPS) is 12.4. The van der Waals surface area contributed by atoms with Gasteiger partial charge in [-0.05, 0) is 17.9 Å². The molecule has 0 saturated heterocycles. The number of carbonyl (C=O) groups excluding carboxylic acids is 2. The molecule has 0 heterocycles. The largest absolute Gasteiger partial charge is 0.303 e. The van der Waals surface area contributed by atoms with Crippen molar-refractivity contribution in [3.05, 3.63) is 35.9 Å². The van der Waals surface area contributed by atoms with Crippen LogP contribution < -0.4 is 0 Å². The number of hydrogen-bond donors (Lipinski definition) is 0.